The molecule has 0 spiro atoms. The highest BCUT2D eigenvalue weighted by atomic mass is 16.3. The molecule has 0 radical (unpaired) electrons. The minimum Gasteiger partial charge on any atom is -0.456 e. The first kappa shape index (κ1) is 29.7. The highest BCUT2D eigenvalue weighted by molar-refractivity contribution is 6.25. The van der Waals surface area contributed by atoms with Crippen LogP contribution in [0.1, 0.15) is 0 Å². The van der Waals surface area contributed by atoms with Crippen molar-refractivity contribution in [1.82, 2.24) is 0 Å². The van der Waals surface area contributed by atoms with Gasteiger partial charge in [-0.25, -0.2) is 0 Å². The zero-order chi connectivity index (χ0) is 34.9. The molecule has 11 aromatic rings. The minimum absolute atomic E-state index is 0.907. The zero-order valence-electron chi connectivity index (χ0n) is 28.9. The lowest BCUT2D eigenvalue weighted by atomic mass is 9.83. The van der Waals surface area contributed by atoms with Crippen LogP contribution in [0.25, 0.3) is 110 Å². The summed E-state index contributed by atoms with van der Waals surface area (Å²) < 4.78 is 6.47. The maximum absolute atomic E-state index is 6.47. The van der Waals surface area contributed by atoms with Gasteiger partial charge in [-0.3, -0.25) is 0 Å². The standard InChI is InChI=1S/C52H32O/c1-2-14-33(15-3-1)37-29-30-46(41-21-7-6-20-40(37)41)50-44-24-10-8-22-42(44)49(43-23-9-11-25-45(43)50)36-18-12-17-35(32-36)39-26-13-27-47-52(39)51-38-19-5-4-16-34(38)28-31-48(51)53-47/h1-32H. The Morgan fingerprint density at radius 2 is 0.792 bits per heavy atom. The second-order valence-electron chi connectivity index (χ2n) is 13.9. The summed E-state index contributed by atoms with van der Waals surface area (Å²) in [5, 5.41) is 12.3. The Hall–Kier alpha value is -6.96. The quantitative estimate of drug-likeness (QED) is 0.170. The molecule has 246 valence electrons. The van der Waals surface area contributed by atoms with Crippen molar-refractivity contribution in [1.29, 1.82) is 0 Å². The first-order chi connectivity index (χ1) is 26.3. The van der Waals surface area contributed by atoms with E-state index in [-0.39, 0.29) is 0 Å². The van der Waals surface area contributed by atoms with Gasteiger partial charge in [0.1, 0.15) is 11.2 Å². The average Bonchev–Trinajstić information content (AvgIpc) is 3.63. The largest absolute Gasteiger partial charge is 0.456 e. The van der Waals surface area contributed by atoms with Gasteiger partial charge in [0.05, 0.1) is 0 Å². The summed E-state index contributed by atoms with van der Waals surface area (Å²) in [6.07, 6.45) is 0. The van der Waals surface area contributed by atoms with E-state index in [4.69, 9.17) is 4.42 Å². The molecular formula is C52H32O. The molecule has 0 aliphatic rings. The lowest BCUT2D eigenvalue weighted by Gasteiger charge is -2.20. The van der Waals surface area contributed by atoms with Gasteiger partial charge in [0.25, 0.3) is 0 Å². The first-order valence-corrected chi connectivity index (χ1v) is 18.3. The molecule has 1 heteroatoms. The highest BCUT2D eigenvalue weighted by Crippen LogP contribution is 2.47. The topological polar surface area (TPSA) is 13.1 Å². The summed E-state index contributed by atoms with van der Waals surface area (Å²) >= 11 is 0. The Morgan fingerprint density at radius 1 is 0.264 bits per heavy atom. The monoisotopic (exact) mass is 672 g/mol. The van der Waals surface area contributed by atoms with Gasteiger partial charge in [-0.1, -0.05) is 176 Å². The van der Waals surface area contributed by atoms with Gasteiger partial charge < -0.3 is 4.42 Å². The fourth-order valence-corrected chi connectivity index (χ4v) is 8.79. The van der Waals surface area contributed by atoms with Gasteiger partial charge in [0.2, 0.25) is 0 Å². The molecule has 1 nitrogen and oxygen atoms in total. The van der Waals surface area contributed by atoms with Gasteiger partial charge in [0, 0.05) is 10.8 Å². The van der Waals surface area contributed by atoms with Crippen LogP contribution in [0, 0.1) is 0 Å². The van der Waals surface area contributed by atoms with Gasteiger partial charge in [-0.15, -0.1) is 0 Å². The Bertz CT molecular complexity index is 3160. The van der Waals surface area contributed by atoms with Crippen LogP contribution in [-0.4, -0.2) is 0 Å². The molecule has 0 saturated heterocycles. The van der Waals surface area contributed by atoms with Crippen molar-refractivity contribution in [2.75, 3.05) is 0 Å². The van der Waals surface area contributed by atoms with E-state index < -0.39 is 0 Å². The molecule has 0 aliphatic carbocycles. The van der Waals surface area contributed by atoms with Crippen molar-refractivity contribution in [3.05, 3.63) is 194 Å². The summed E-state index contributed by atoms with van der Waals surface area (Å²) in [5.74, 6) is 0. The Labute approximate surface area is 307 Å². The van der Waals surface area contributed by atoms with Crippen molar-refractivity contribution in [2.24, 2.45) is 0 Å². The summed E-state index contributed by atoms with van der Waals surface area (Å²) in [6, 6.07) is 70.5. The van der Waals surface area contributed by atoms with Gasteiger partial charge in [-0.2, -0.15) is 0 Å². The second-order valence-corrected chi connectivity index (χ2v) is 13.9. The van der Waals surface area contributed by atoms with Crippen molar-refractivity contribution in [3.63, 3.8) is 0 Å². The normalized spacial score (nSPS) is 11.8. The predicted molar refractivity (Wildman–Crippen MR) is 225 cm³/mol. The van der Waals surface area contributed by atoms with Crippen molar-refractivity contribution in [2.45, 2.75) is 0 Å². The molecule has 0 aliphatic heterocycles. The summed E-state index contributed by atoms with van der Waals surface area (Å²) in [4.78, 5) is 0. The molecule has 1 aromatic heterocycles. The van der Waals surface area contributed by atoms with E-state index >= 15 is 0 Å². The van der Waals surface area contributed by atoms with Crippen molar-refractivity contribution in [3.8, 4) is 44.5 Å². The van der Waals surface area contributed by atoms with Crippen LogP contribution in [0.4, 0.5) is 0 Å². The molecule has 0 saturated carbocycles. The number of rotatable bonds is 4. The molecule has 1 heterocycles. The van der Waals surface area contributed by atoms with Crippen molar-refractivity contribution < 1.29 is 4.42 Å². The fraction of sp³-hybridized carbons (Fsp3) is 0. The molecule has 0 bridgehead atoms. The molecule has 0 fully saturated rings. The fourth-order valence-electron chi connectivity index (χ4n) is 8.79. The van der Waals surface area contributed by atoms with E-state index in [1.54, 1.807) is 0 Å². The van der Waals surface area contributed by atoms with E-state index in [0.29, 0.717) is 0 Å². The molecule has 10 aromatic carbocycles. The average molecular weight is 673 g/mol. The Kier molecular flexibility index (Phi) is 6.62. The summed E-state index contributed by atoms with van der Waals surface area (Å²) in [7, 11) is 0. The molecule has 0 atom stereocenters. The maximum Gasteiger partial charge on any atom is 0.136 e. The summed E-state index contributed by atoms with van der Waals surface area (Å²) in [5.41, 5.74) is 11.6. The summed E-state index contributed by atoms with van der Waals surface area (Å²) in [6.45, 7) is 0. The second kappa shape index (κ2) is 11.8. The van der Waals surface area contributed by atoms with Crippen LogP contribution < -0.4 is 0 Å². The van der Waals surface area contributed by atoms with E-state index in [0.717, 1.165) is 16.6 Å². The van der Waals surface area contributed by atoms with Gasteiger partial charge in [0.15, 0.2) is 0 Å². The number of benzene rings is 10. The van der Waals surface area contributed by atoms with E-state index in [1.165, 1.54) is 93.0 Å². The van der Waals surface area contributed by atoms with Crippen LogP contribution >= 0.6 is 0 Å². The number of fused-ring (bicyclic) bond motifs is 8. The molecule has 0 unspecified atom stereocenters. The number of hydrogen-bond acceptors (Lipinski definition) is 1. The molecule has 0 amide bonds. The lowest BCUT2D eigenvalue weighted by molar-refractivity contribution is 0.669. The Balaban J connectivity index is 1.17. The third-order valence-electron chi connectivity index (χ3n) is 11.1. The lowest BCUT2D eigenvalue weighted by Crippen LogP contribution is -1.92. The maximum atomic E-state index is 6.47. The molecular weight excluding hydrogens is 641 g/mol. The van der Waals surface area contributed by atoms with Gasteiger partial charge >= 0.3 is 0 Å². The van der Waals surface area contributed by atoms with E-state index in [9.17, 15) is 0 Å². The predicted octanol–water partition coefficient (Wildman–Crippen LogP) is 14.9. The SMILES string of the molecule is c1ccc(-c2ccc(-c3c4ccccc4c(-c4cccc(-c5cccc6oc7ccc8ccccc8c7c56)c4)c4ccccc34)c3ccccc23)cc1. The first-order valence-electron chi connectivity index (χ1n) is 18.3. The molecule has 11 rings (SSSR count). The zero-order valence-corrected chi connectivity index (χ0v) is 28.9. The number of hydrogen-bond donors (Lipinski definition) is 0. The van der Waals surface area contributed by atoms with Crippen LogP contribution in [-0.2, 0) is 0 Å². The highest BCUT2D eigenvalue weighted by Gasteiger charge is 2.20. The Morgan fingerprint density at radius 3 is 1.53 bits per heavy atom. The molecule has 0 N–H and O–H groups in total. The smallest absolute Gasteiger partial charge is 0.136 e. The van der Waals surface area contributed by atoms with Crippen molar-refractivity contribution >= 4 is 65.0 Å². The molecule has 53 heavy (non-hydrogen) atoms. The van der Waals surface area contributed by atoms with E-state index in [2.05, 4.69) is 194 Å². The third-order valence-corrected chi connectivity index (χ3v) is 11.1. The minimum atomic E-state index is 0.907. The van der Waals surface area contributed by atoms with Crippen LogP contribution in [0.2, 0.25) is 0 Å². The van der Waals surface area contributed by atoms with Crippen LogP contribution in [0.5, 0.6) is 0 Å². The van der Waals surface area contributed by atoms with E-state index in [1.807, 2.05) is 0 Å². The third kappa shape index (κ3) is 4.58. The van der Waals surface area contributed by atoms with Gasteiger partial charge in [-0.05, 0) is 106 Å². The van der Waals surface area contributed by atoms with Crippen LogP contribution in [0.3, 0.4) is 0 Å². The number of furan rings is 1. The van der Waals surface area contributed by atoms with Crippen LogP contribution in [0.15, 0.2) is 199 Å².